The number of carbonyl (C=O) groups is 4. The Labute approximate surface area is 390 Å². The first-order valence-corrected chi connectivity index (χ1v) is 23.0. The topological polar surface area (TPSA) is 215 Å². The molecule has 66 heavy (non-hydrogen) atoms. The molecule has 1 amide bonds. The fourth-order valence-electron chi connectivity index (χ4n) is 8.13. The van der Waals surface area contributed by atoms with Gasteiger partial charge in [-0.15, -0.1) is 11.8 Å². The Morgan fingerprint density at radius 3 is 1.68 bits per heavy atom. The number of nitriles is 1. The van der Waals surface area contributed by atoms with Gasteiger partial charge in [0, 0.05) is 39.5 Å². The third kappa shape index (κ3) is 14.2. The van der Waals surface area contributed by atoms with Crippen molar-refractivity contribution in [1.29, 1.82) is 5.26 Å². The van der Waals surface area contributed by atoms with Crippen LogP contribution in [0.15, 0.2) is 48.5 Å². The van der Waals surface area contributed by atoms with E-state index < -0.39 is 103 Å². The number of esters is 3. The number of methoxy groups -OCH3 is 2. The average molecular weight is 945 g/mol. The van der Waals surface area contributed by atoms with Gasteiger partial charge >= 0.3 is 17.9 Å². The summed E-state index contributed by atoms with van der Waals surface area (Å²) in [5.41, 5.74) is 0.746. The first kappa shape index (κ1) is 52.4. The highest BCUT2D eigenvalue weighted by atomic mass is 32.2. The Morgan fingerprint density at radius 2 is 1.17 bits per heavy atom. The van der Waals surface area contributed by atoms with E-state index in [1.54, 1.807) is 14.2 Å². The monoisotopic (exact) mass is 944 g/mol. The Balaban J connectivity index is 1.60. The van der Waals surface area contributed by atoms with Crippen LogP contribution in [0.4, 0.5) is 0 Å². The van der Waals surface area contributed by atoms with Crippen LogP contribution in [0.3, 0.4) is 0 Å². The molecule has 0 spiro atoms. The third-order valence-corrected chi connectivity index (χ3v) is 13.1. The number of carbonyl (C=O) groups excluding carboxylic acids is 4. The lowest BCUT2D eigenvalue weighted by Gasteiger charge is -2.51. The summed E-state index contributed by atoms with van der Waals surface area (Å²) in [5.74, 6) is -1.77. The minimum atomic E-state index is -1.32. The lowest BCUT2D eigenvalue weighted by Crippen LogP contribution is -2.68. The summed E-state index contributed by atoms with van der Waals surface area (Å²) in [6, 6.07) is 16.0. The standard InChI is InChI=1S/C47H64N2O16S/c1-25-26(2)41(61-32(8)53)45(62-37(25)23-56-30(6)51)65-43-39(49-29(5)50)47(66-20-19-48)63-38(24-57-31(7)52)42(43)64-46-44(59-22-34-13-17-36(55-10)18-14-34)40(27(3)28(4)60-46)58-21-33-11-15-35(54-9)16-12-33/h11-18,25-28,37-47H,20-24H2,1-10H3,(H,49,50)/t25-,26?,27-,28?,37+,38+,39?,40+,41?,42-,43?,44?,45+,46+,47+/m1/s1. The number of hydrogen-bond donors (Lipinski definition) is 1. The molecule has 3 saturated heterocycles. The van der Waals surface area contributed by atoms with Crippen LogP contribution in [0.25, 0.3) is 0 Å². The fraction of sp³-hybridized carbons (Fsp3) is 0.638. The smallest absolute Gasteiger partial charge is 0.303 e. The molecule has 2 aromatic rings. The molecule has 3 aliphatic rings. The van der Waals surface area contributed by atoms with Gasteiger partial charge in [-0.2, -0.15) is 5.26 Å². The van der Waals surface area contributed by atoms with Crippen LogP contribution in [-0.2, 0) is 79.8 Å². The van der Waals surface area contributed by atoms with Gasteiger partial charge in [-0.25, -0.2) is 0 Å². The molecule has 5 rings (SSSR count). The van der Waals surface area contributed by atoms with Crippen molar-refractivity contribution in [3.63, 3.8) is 0 Å². The number of rotatable bonds is 20. The number of amides is 1. The summed E-state index contributed by atoms with van der Waals surface area (Å²) in [5, 5.41) is 12.6. The molecule has 0 aromatic heterocycles. The molecule has 1 N–H and O–H groups in total. The zero-order valence-corrected chi connectivity index (χ0v) is 40.0. The van der Waals surface area contributed by atoms with Crippen LogP contribution in [0, 0.1) is 29.1 Å². The largest absolute Gasteiger partial charge is 0.497 e. The summed E-state index contributed by atoms with van der Waals surface area (Å²) < 4.78 is 74.9. The molecule has 364 valence electrons. The van der Waals surface area contributed by atoms with Crippen molar-refractivity contribution in [2.24, 2.45) is 17.8 Å². The lowest BCUT2D eigenvalue weighted by atomic mass is 9.83. The highest BCUT2D eigenvalue weighted by molar-refractivity contribution is 8.00. The molecule has 0 radical (unpaired) electrons. The maximum atomic E-state index is 13.1. The number of thioether (sulfide) groups is 1. The molecule has 0 saturated carbocycles. The Morgan fingerprint density at radius 1 is 0.636 bits per heavy atom. The highest BCUT2D eigenvalue weighted by Crippen LogP contribution is 2.40. The highest BCUT2D eigenvalue weighted by Gasteiger charge is 2.55. The van der Waals surface area contributed by atoms with Gasteiger partial charge in [0.2, 0.25) is 5.91 Å². The summed E-state index contributed by atoms with van der Waals surface area (Å²) in [4.78, 5) is 50.1. The van der Waals surface area contributed by atoms with Gasteiger partial charge in [0.1, 0.15) is 54.6 Å². The predicted molar refractivity (Wildman–Crippen MR) is 237 cm³/mol. The molecule has 3 aliphatic heterocycles. The summed E-state index contributed by atoms with van der Waals surface area (Å²) in [6.45, 7) is 12.6. The molecule has 3 heterocycles. The number of benzene rings is 2. The van der Waals surface area contributed by atoms with Gasteiger partial charge in [-0.1, -0.05) is 45.0 Å². The molecule has 6 unspecified atom stereocenters. The Hall–Kier alpha value is -4.52. The van der Waals surface area contributed by atoms with Crippen LogP contribution < -0.4 is 14.8 Å². The summed E-state index contributed by atoms with van der Waals surface area (Å²) in [6.07, 6.45) is -9.82. The minimum Gasteiger partial charge on any atom is -0.497 e. The van der Waals surface area contributed by atoms with Crippen molar-refractivity contribution in [2.45, 2.75) is 141 Å². The second-order valence-corrected chi connectivity index (χ2v) is 17.8. The van der Waals surface area contributed by atoms with Gasteiger partial charge in [0.15, 0.2) is 18.7 Å². The fourth-order valence-corrected chi connectivity index (χ4v) is 9.02. The van der Waals surface area contributed by atoms with Crippen molar-refractivity contribution in [1.82, 2.24) is 5.32 Å². The van der Waals surface area contributed by atoms with Gasteiger partial charge < -0.3 is 62.2 Å². The van der Waals surface area contributed by atoms with Gasteiger partial charge in [0.25, 0.3) is 0 Å². The average Bonchev–Trinajstić information content (AvgIpc) is 3.28. The van der Waals surface area contributed by atoms with Crippen molar-refractivity contribution < 1.29 is 76.0 Å². The Bertz CT molecular complexity index is 1930. The molecule has 19 heteroatoms. The normalized spacial score (nSPS) is 32.0. The van der Waals surface area contributed by atoms with E-state index in [2.05, 4.69) is 11.4 Å². The second-order valence-electron chi connectivity index (χ2n) is 16.7. The van der Waals surface area contributed by atoms with Crippen molar-refractivity contribution in [3.8, 4) is 17.6 Å². The maximum absolute atomic E-state index is 13.1. The third-order valence-electron chi connectivity index (χ3n) is 12.0. The summed E-state index contributed by atoms with van der Waals surface area (Å²) >= 11 is 1.09. The van der Waals surface area contributed by atoms with E-state index in [-0.39, 0.29) is 44.0 Å². The van der Waals surface area contributed by atoms with Crippen LogP contribution in [0.5, 0.6) is 11.5 Å². The number of nitrogens with one attached hydrogen (secondary N) is 1. The number of ether oxygens (including phenoxy) is 12. The van der Waals surface area contributed by atoms with E-state index in [1.165, 1.54) is 27.7 Å². The minimum absolute atomic E-state index is 0.0517. The molecule has 0 aliphatic carbocycles. The second kappa shape index (κ2) is 25.0. The molecular weight excluding hydrogens is 881 g/mol. The van der Waals surface area contributed by atoms with Crippen LogP contribution in [0.2, 0.25) is 0 Å². The van der Waals surface area contributed by atoms with Crippen molar-refractivity contribution in [2.75, 3.05) is 33.2 Å². The predicted octanol–water partition coefficient (Wildman–Crippen LogP) is 4.87. The van der Waals surface area contributed by atoms with E-state index >= 15 is 0 Å². The molecular formula is C47H64N2O16S. The number of hydrogen-bond acceptors (Lipinski definition) is 18. The van der Waals surface area contributed by atoms with Crippen LogP contribution in [-0.4, -0.2) is 130 Å². The first-order chi connectivity index (χ1) is 31.5. The van der Waals surface area contributed by atoms with Crippen molar-refractivity contribution in [3.05, 3.63) is 59.7 Å². The van der Waals surface area contributed by atoms with Crippen LogP contribution in [0.1, 0.15) is 66.5 Å². The van der Waals surface area contributed by atoms with Gasteiger partial charge in [0.05, 0.1) is 63.6 Å². The van der Waals surface area contributed by atoms with Crippen molar-refractivity contribution >= 4 is 35.6 Å². The van der Waals surface area contributed by atoms with E-state index in [9.17, 15) is 24.4 Å². The lowest BCUT2D eigenvalue weighted by molar-refractivity contribution is -0.355. The van der Waals surface area contributed by atoms with Gasteiger partial charge in [-0.3, -0.25) is 19.2 Å². The van der Waals surface area contributed by atoms with E-state index in [0.29, 0.717) is 11.5 Å². The number of nitrogens with zero attached hydrogens (tertiary/aromatic N) is 1. The quantitative estimate of drug-likeness (QED) is 0.138. The zero-order chi connectivity index (χ0) is 48.1. The Kier molecular flexibility index (Phi) is 19.9. The molecule has 0 bridgehead atoms. The summed E-state index contributed by atoms with van der Waals surface area (Å²) in [7, 11) is 3.18. The maximum Gasteiger partial charge on any atom is 0.303 e. The van der Waals surface area contributed by atoms with E-state index in [1.807, 2.05) is 76.2 Å². The molecule has 2 aromatic carbocycles. The van der Waals surface area contributed by atoms with E-state index in [4.69, 9.17) is 56.8 Å². The molecule has 18 nitrogen and oxygen atoms in total. The molecule has 3 fully saturated rings. The first-order valence-electron chi connectivity index (χ1n) is 22.0. The molecule has 15 atom stereocenters. The van der Waals surface area contributed by atoms with E-state index in [0.717, 1.165) is 22.9 Å². The van der Waals surface area contributed by atoms with Crippen LogP contribution >= 0.6 is 11.8 Å². The SMILES string of the molecule is COc1ccc(COC2[C@H](O[C@H]3C(O[C@@H]4O[C@@H](COC(C)=O)[C@H](C)C(C)C4OC(C)=O)C(NC(C)=O)[C@H](SCC#N)O[C@H]3COC(C)=O)OC(C)[C@@H](C)[C@@H]2OCc2ccc(OC)cc2)cc1. The zero-order valence-electron chi connectivity index (χ0n) is 39.2. The van der Waals surface area contributed by atoms with Gasteiger partial charge in [-0.05, 0) is 48.2 Å².